The SMILES string of the molecule is COc1cc([C@H]2CC(=O)Oc3cc(O)c4c(=O)c(O)c(-c5ccc(O)c(O)c5)oc4c32)cc2c1OCCO2. The van der Waals surface area contributed by atoms with E-state index >= 15 is 0 Å². The number of phenols is 3. The van der Waals surface area contributed by atoms with Gasteiger partial charge in [-0.1, -0.05) is 0 Å². The van der Waals surface area contributed by atoms with E-state index < -0.39 is 40.3 Å². The first-order chi connectivity index (χ1) is 18.3. The molecule has 0 fully saturated rings. The molecule has 38 heavy (non-hydrogen) atoms. The Morgan fingerprint density at radius 3 is 2.45 bits per heavy atom. The van der Waals surface area contributed by atoms with Gasteiger partial charge in [-0.15, -0.1) is 0 Å². The summed E-state index contributed by atoms with van der Waals surface area (Å²) in [5, 5.41) is 40.6. The number of carbonyl (C=O) groups excluding carboxylic acids is 1. The predicted molar refractivity (Wildman–Crippen MR) is 131 cm³/mol. The minimum absolute atomic E-state index is 0.0292. The Hall–Kier alpha value is -5.06. The molecule has 1 aromatic heterocycles. The number of hydrogen-bond donors (Lipinski definition) is 4. The lowest BCUT2D eigenvalue weighted by molar-refractivity contribution is -0.135. The van der Waals surface area contributed by atoms with Crippen LogP contribution in [0.3, 0.4) is 0 Å². The molecule has 0 aliphatic carbocycles. The van der Waals surface area contributed by atoms with Crippen molar-refractivity contribution in [3.63, 3.8) is 0 Å². The van der Waals surface area contributed by atoms with Crippen molar-refractivity contribution in [1.29, 1.82) is 0 Å². The van der Waals surface area contributed by atoms with Crippen LogP contribution < -0.4 is 24.4 Å². The summed E-state index contributed by atoms with van der Waals surface area (Å²) in [6.07, 6.45) is -0.143. The molecule has 2 aliphatic heterocycles. The van der Waals surface area contributed by atoms with E-state index in [-0.39, 0.29) is 40.0 Å². The second-order valence-corrected chi connectivity index (χ2v) is 8.80. The highest BCUT2D eigenvalue weighted by Gasteiger charge is 2.36. The highest BCUT2D eigenvalue weighted by Crippen LogP contribution is 2.50. The van der Waals surface area contributed by atoms with Crippen molar-refractivity contribution >= 4 is 16.9 Å². The summed E-state index contributed by atoms with van der Waals surface area (Å²) < 4.78 is 28.3. The van der Waals surface area contributed by atoms with Crippen LogP contribution in [-0.2, 0) is 4.79 Å². The van der Waals surface area contributed by atoms with Gasteiger partial charge in [0.2, 0.25) is 16.9 Å². The van der Waals surface area contributed by atoms with Crippen LogP contribution in [0.5, 0.6) is 46.0 Å². The van der Waals surface area contributed by atoms with Gasteiger partial charge in [0.15, 0.2) is 28.8 Å². The summed E-state index contributed by atoms with van der Waals surface area (Å²) in [4.78, 5) is 25.8. The van der Waals surface area contributed by atoms with Crippen LogP contribution in [-0.4, -0.2) is 46.7 Å². The molecular weight excluding hydrogens is 500 g/mol. The highest BCUT2D eigenvalue weighted by molar-refractivity contribution is 5.94. The Bertz CT molecular complexity index is 1690. The van der Waals surface area contributed by atoms with E-state index in [9.17, 15) is 30.0 Å². The molecule has 4 aromatic rings. The lowest BCUT2D eigenvalue weighted by Crippen LogP contribution is -2.22. The van der Waals surface area contributed by atoms with Crippen molar-refractivity contribution in [3.8, 4) is 57.3 Å². The number of phenolic OH excluding ortho intramolecular Hbond substituents is 3. The average Bonchev–Trinajstić information content (AvgIpc) is 2.90. The molecule has 0 saturated carbocycles. The first kappa shape index (κ1) is 23.3. The maximum absolute atomic E-state index is 13.2. The van der Waals surface area contributed by atoms with Gasteiger partial charge in [-0.3, -0.25) is 9.59 Å². The number of hydrogen-bond acceptors (Lipinski definition) is 11. The second kappa shape index (κ2) is 8.51. The molecule has 3 aromatic carbocycles. The number of rotatable bonds is 3. The van der Waals surface area contributed by atoms with E-state index in [0.29, 0.717) is 36.0 Å². The van der Waals surface area contributed by atoms with Gasteiger partial charge in [-0.25, -0.2) is 0 Å². The standard InChI is InChI=1S/C27H20O11/c1-34-18-7-12(8-19-26(18)36-5-4-35-19)13-9-20(31)37-17-10-16(30)22-23(32)24(33)25(38-27(22)21(13)17)11-2-3-14(28)15(29)6-11/h2-3,6-8,10,13,28-30,33H,4-5,9H2,1H3/t13-/m1/s1. The van der Waals surface area contributed by atoms with E-state index in [1.54, 1.807) is 12.1 Å². The molecule has 2 aliphatic rings. The van der Waals surface area contributed by atoms with E-state index in [0.717, 1.165) is 18.2 Å². The fraction of sp³-hybridized carbons (Fsp3) is 0.185. The van der Waals surface area contributed by atoms with Gasteiger partial charge in [0.1, 0.15) is 35.7 Å². The van der Waals surface area contributed by atoms with Gasteiger partial charge in [0, 0.05) is 23.1 Å². The van der Waals surface area contributed by atoms with E-state index in [1.807, 2.05) is 0 Å². The Balaban J connectivity index is 1.64. The van der Waals surface area contributed by atoms with Gasteiger partial charge in [0.05, 0.1) is 13.5 Å². The fourth-order valence-electron chi connectivity index (χ4n) is 4.82. The molecule has 0 bridgehead atoms. The van der Waals surface area contributed by atoms with E-state index in [4.69, 9.17) is 23.4 Å². The van der Waals surface area contributed by atoms with Crippen LogP contribution >= 0.6 is 0 Å². The number of methoxy groups -OCH3 is 1. The molecule has 11 heteroatoms. The molecule has 4 N–H and O–H groups in total. The van der Waals surface area contributed by atoms with Crippen molar-refractivity contribution in [2.45, 2.75) is 12.3 Å². The number of esters is 1. The molecule has 0 unspecified atom stereocenters. The summed E-state index contributed by atoms with van der Waals surface area (Å²) in [5.74, 6) is -2.74. The van der Waals surface area contributed by atoms with Crippen LogP contribution in [0.25, 0.3) is 22.3 Å². The fourth-order valence-corrected chi connectivity index (χ4v) is 4.82. The zero-order chi connectivity index (χ0) is 26.7. The molecule has 0 spiro atoms. The number of ether oxygens (including phenoxy) is 4. The van der Waals surface area contributed by atoms with Crippen LogP contribution in [0.4, 0.5) is 0 Å². The Morgan fingerprint density at radius 2 is 1.68 bits per heavy atom. The Kier molecular flexibility index (Phi) is 5.23. The molecule has 194 valence electrons. The molecule has 1 atom stereocenters. The van der Waals surface area contributed by atoms with Crippen molar-refractivity contribution in [1.82, 2.24) is 0 Å². The number of carbonyl (C=O) groups is 1. The van der Waals surface area contributed by atoms with Gasteiger partial charge in [-0.2, -0.15) is 0 Å². The second-order valence-electron chi connectivity index (χ2n) is 8.80. The summed E-state index contributed by atoms with van der Waals surface area (Å²) in [7, 11) is 1.47. The smallest absolute Gasteiger partial charge is 0.312 e. The van der Waals surface area contributed by atoms with Crippen LogP contribution in [0.2, 0.25) is 0 Å². The molecule has 0 amide bonds. The van der Waals surface area contributed by atoms with Gasteiger partial charge in [0.25, 0.3) is 0 Å². The molecule has 6 rings (SSSR count). The molecular formula is C27H20O11. The van der Waals surface area contributed by atoms with Crippen LogP contribution in [0.1, 0.15) is 23.5 Å². The molecule has 11 nitrogen and oxygen atoms in total. The molecule has 3 heterocycles. The van der Waals surface area contributed by atoms with Gasteiger partial charge in [-0.05, 0) is 35.9 Å². The first-order valence-corrected chi connectivity index (χ1v) is 11.5. The van der Waals surface area contributed by atoms with Gasteiger partial charge < -0.3 is 43.8 Å². The molecule has 0 saturated heterocycles. The van der Waals surface area contributed by atoms with Crippen LogP contribution in [0, 0.1) is 0 Å². The third-order valence-electron chi connectivity index (χ3n) is 6.56. The van der Waals surface area contributed by atoms with Crippen molar-refractivity contribution < 1.29 is 48.6 Å². The van der Waals surface area contributed by atoms with Gasteiger partial charge >= 0.3 is 5.97 Å². The minimum atomic E-state index is -0.940. The maximum atomic E-state index is 13.2. The van der Waals surface area contributed by atoms with Crippen molar-refractivity contribution in [2.75, 3.05) is 20.3 Å². The highest BCUT2D eigenvalue weighted by atomic mass is 16.6. The largest absolute Gasteiger partial charge is 0.507 e. The monoisotopic (exact) mass is 520 g/mol. The Labute approximate surface area is 213 Å². The number of fused-ring (bicyclic) bond motifs is 4. The lowest BCUT2D eigenvalue weighted by atomic mass is 9.84. The third kappa shape index (κ3) is 3.51. The van der Waals surface area contributed by atoms with Crippen molar-refractivity contribution in [3.05, 3.63) is 57.7 Å². The summed E-state index contributed by atoms with van der Waals surface area (Å²) in [5.41, 5.74) is -0.145. The topological polar surface area (TPSA) is 165 Å². The van der Waals surface area contributed by atoms with Crippen molar-refractivity contribution in [2.24, 2.45) is 0 Å². The predicted octanol–water partition coefficient (Wildman–Crippen LogP) is 3.50. The molecule has 0 radical (unpaired) electrons. The zero-order valence-electron chi connectivity index (χ0n) is 19.8. The average molecular weight is 520 g/mol. The third-order valence-corrected chi connectivity index (χ3v) is 6.56. The van der Waals surface area contributed by atoms with Crippen LogP contribution in [0.15, 0.2) is 45.6 Å². The maximum Gasteiger partial charge on any atom is 0.312 e. The summed E-state index contributed by atoms with van der Waals surface area (Å²) >= 11 is 0. The quantitative estimate of drug-likeness (QED) is 0.177. The van der Waals surface area contributed by atoms with E-state index in [1.165, 1.54) is 13.2 Å². The Morgan fingerprint density at radius 1 is 0.895 bits per heavy atom. The number of benzene rings is 3. The first-order valence-electron chi connectivity index (χ1n) is 11.5. The summed E-state index contributed by atoms with van der Waals surface area (Å²) in [6.45, 7) is 0.659. The minimum Gasteiger partial charge on any atom is -0.507 e. The lowest BCUT2D eigenvalue weighted by Gasteiger charge is -2.28. The van der Waals surface area contributed by atoms with E-state index in [2.05, 4.69) is 0 Å². The number of aromatic hydroxyl groups is 4. The zero-order valence-corrected chi connectivity index (χ0v) is 19.8. The summed E-state index contributed by atoms with van der Waals surface area (Å²) in [6, 6.07) is 8.10. The normalized spacial score (nSPS) is 16.1.